The van der Waals surface area contributed by atoms with E-state index in [9.17, 15) is 14.4 Å². The van der Waals surface area contributed by atoms with E-state index >= 15 is 0 Å². The van der Waals surface area contributed by atoms with Crippen LogP contribution in [0.5, 0.6) is 0 Å². The van der Waals surface area contributed by atoms with Crippen molar-refractivity contribution in [1.82, 2.24) is 0 Å². The minimum absolute atomic E-state index is 0.0411. The highest BCUT2D eigenvalue weighted by Gasteiger charge is 2.49. The number of hydrogen-bond acceptors (Lipinski definition) is 5. The van der Waals surface area contributed by atoms with Gasteiger partial charge in [0, 0.05) is 6.42 Å². The third-order valence-corrected chi connectivity index (χ3v) is 5.00. The fourth-order valence-electron chi connectivity index (χ4n) is 3.57. The lowest BCUT2D eigenvalue weighted by molar-refractivity contribution is -0.159. The first-order valence-corrected chi connectivity index (χ1v) is 9.63. The van der Waals surface area contributed by atoms with E-state index in [1.54, 1.807) is 6.92 Å². The van der Waals surface area contributed by atoms with E-state index in [-0.39, 0.29) is 23.1 Å². The molecule has 0 spiro atoms. The van der Waals surface area contributed by atoms with Crippen molar-refractivity contribution in [2.45, 2.75) is 85.5 Å². The largest absolute Gasteiger partial charge is 0.466 e. The third kappa shape index (κ3) is 6.44. The molecule has 0 aromatic rings. The fraction of sp³-hybridized carbons (Fsp3) is 0.850. The van der Waals surface area contributed by atoms with Crippen LogP contribution in [-0.2, 0) is 23.9 Å². The standard InChI is InChI=1S/C20H34O5/c1-5-14-25-18(23)20(13-9-10-16(20)21)12-8-7-11-19(3,4)15-17(22)24-6-2/h5-15H2,1-4H3. The molecule has 0 saturated heterocycles. The van der Waals surface area contributed by atoms with Gasteiger partial charge in [-0.25, -0.2) is 0 Å². The van der Waals surface area contributed by atoms with E-state index < -0.39 is 5.41 Å². The van der Waals surface area contributed by atoms with E-state index in [0.29, 0.717) is 38.9 Å². The predicted octanol–water partition coefficient (Wildman–Crippen LogP) is 4.22. The summed E-state index contributed by atoms with van der Waals surface area (Å²) in [6.07, 6.45) is 6.11. The first-order chi connectivity index (χ1) is 11.8. The Morgan fingerprint density at radius 1 is 1.16 bits per heavy atom. The van der Waals surface area contributed by atoms with Crippen LogP contribution in [0.15, 0.2) is 0 Å². The SMILES string of the molecule is CCCOC(=O)C1(CCCCC(C)(C)CC(=O)OCC)CCCC1=O. The normalized spacial score (nSPS) is 20.6. The van der Waals surface area contributed by atoms with Crippen molar-refractivity contribution in [2.75, 3.05) is 13.2 Å². The Hall–Kier alpha value is -1.39. The smallest absolute Gasteiger partial charge is 0.319 e. The minimum atomic E-state index is -0.916. The van der Waals surface area contributed by atoms with Crippen LogP contribution in [0.1, 0.15) is 85.5 Å². The third-order valence-electron chi connectivity index (χ3n) is 5.00. The number of Topliss-reactive ketones (excluding diaryl/α,β-unsaturated/α-hetero) is 1. The van der Waals surface area contributed by atoms with Crippen LogP contribution < -0.4 is 0 Å². The number of esters is 2. The molecule has 1 fully saturated rings. The second-order valence-electron chi connectivity index (χ2n) is 7.85. The second-order valence-corrected chi connectivity index (χ2v) is 7.85. The Morgan fingerprint density at radius 2 is 1.88 bits per heavy atom. The van der Waals surface area contributed by atoms with E-state index in [4.69, 9.17) is 9.47 Å². The molecule has 1 aliphatic rings. The highest BCUT2D eigenvalue weighted by Crippen LogP contribution is 2.41. The monoisotopic (exact) mass is 354 g/mol. The highest BCUT2D eigenvalue weighted by atomic mass is 16.5. The zero-order valence-corrected chi connectivity index (χ0v) is 16.3. The second kappa shape index (κ2) is 9.93. The minimum Gasteiger partial charge on any atom is -0.466 e. The molecule has 0 bridgehead atoms. The first-order valence-electron chi connectivity index (χ1n) is 9.63. The van der Waals surface area contributed by atoms with E-state index in [0.717, 1.165) is 32.1 Å². The van der Waals surface area contributed by atoms with Gasteiger partial charge in [0.2, 0.25) is 0 Å². The Bertz CT molecular complexity index is 469. The highest BCUT2D eigenvalue weighted by molar-refractivity contribution is 6.05. The molecule has 0 aromatic heterocycles. The summed E-state index contributed by atoms with van der Waals surface area (Å²) in [6, 6.07) is 0. The van der Waals surface area contributed by atoms with E-state index in [1.165, 1.54) is 0 Å². The van der Waals surface area contributed by atoms with Gasteiger partial charge in [0.25, 0.3) is 0 Å². The van der Waals surface area contributed by atoms with Gasteiger partial charge in [0.05, 0.1) is 19.6 Å². The van der Waals surface area contributed by atoms with Gasteiger partial charge in [-0.15, -0.1) is 0 Å². The summed E-state index contributed by atoms with van der Waals surface area (Å²) in [7, 11) is 0. The summed E-state index contributed by atoms with van der Waals surface area (Å²) in [4.78, 5) is 36.4. The van der Waals surface area contributed by atoms with Gasteiger partial charge >= 0.3 is 11.9 Å². The van der Waals surface area contributed by atoms with Gasteiger partial charge in [-0.1, -0.05) is 33.6 Å². The number of carbonyl (C=O) groups excluding carboxylic acids is 3. The predicted molar refractivity (Wildman–Crippen MR) is 96.0 cm³/mol. The van der Waals surface area contributed by atoms with Crippen LogP contribution >= 0.6 is 0 Å². The number of unbranched alkanes of at least 4 members (excludes halogenated alkanes) is 1. The molecule has 5 heteroatoms. The molecule has 1 saturated carbocycles. The molecule has 5 nitrogen and oxygen atoms in total. The summed E-state index contributed by atoms with van der Waals surface area (Å²) in [5.41, 5.74) is -1.05. The number of ketones is 1. The first kappa shape index (κ1) is 21.7. The molecular weight excluding hydrogens is 320 g/mol. The van der Waals surface area contributed by atoms with Crippen molar-refractivity contribution in [3.8, 4) is 0 Å². The average molecular weight is 354 g/mol. The summed E-state index contributed by atoms with van der Waals surface area (Å²) in [6.45, 7) is 8.63. The lowest BCUT2D eigenvalue weighted by Gasteiger charge is -2.27. The molecule has 0 heterocycles. The number of rotatable bonds is 11. The van der Waals surface area contributed by atoms with Gasteiger partial charge in [-0.2, -0.15) is 0 Å². The molecule has 1 unspecified atom stereocenters. The van der Waals surface area contributed by atoms with E-state index in [1.807, 2.05) is 6.92 Å². The summed E-state index contributed by atoms with van der Waals surface area (Å²) in [5.74, 6) is -0.458. The molecule has 144 valence electrons. The van der Waals surface area contributed by atoms with Gasteiger partial charge < -0.3 is 9.47 Å². The Kier molecular flexibility index (Phi) is 8.60. The van der Waals surface area contributed by atoms with Crippen molar-refractivity contribution in [2.24, 2.45) is 10.8 Å². The molecule has 0 N–H and O–H groups in total. The van der Waals surface area contributed by atoms with Crippen LogP contribution in [0.3, 0.4) is 0 Å². The Balaban J connectivity index is 2.51. The number of hydrogen-bond donors (Lipinski definition) is 0. The van der Waals surface area contributed by atoms with Crippen molar-refractivity contribution in [3.05, 3.63) is 0 Å². The zero-order chi connectivity index (χ0) is 18.9. The topological polar surface area (TPSA) is 69.7 Å². The van der Waals surface area contributed by atoms with Crippen molar-refractivity contribution < 1.29 is 23.9 Å². The maximum atomic E-state index is 12.4. The van der Waals surface area contributed by atoms with Crippen molar-refractivity contribution >= 4 is 17.7 Å². The lowest BCUT2D eigenvalue weighted by atomic mass is 9.78. The lowest BCUT2D eigenvalue weighted by Crippen LogP contribution is -2.37. The molecule has 0 aliphatic heterocycles. The number of carbonyl (C=O) groups is 3. The summed E-state index contributed by atoms with van der Waals surface area (Å²) >= 11 is 0. The molecular formula is C20H34O5. The van der Waals surface area contributed by atoms with Crippen LogP contribution in [0, 0.1) is 10.8 Å². The maximum absolute atomic E-state index is 12.4. The quantitative estimate of drug-likeness (QED) is 0.316. The van der Waals surface area contributed by atoms with Gasteiger partial charge in [0.1, 0.15) is 11.2 Å². The molecule has 0 amide bonds. The Morgan fingerprint density at radius 3 is 2.44 bits per heavy atom. The fourth-order valence-corrected chi connectivity index (χ4v) is 3.57. The van der Waals surface area contributed by atoms with Crippen LogP contribution in [0.2, 0.25) is 0 Å². The molecule has 1 aliphatic carbocycles. The van der Waals surface area contributed by atoms with Gasteiger partial charge in [-0.05, 0) is 44.4 Å². The number of ether oxygens (including phenoxy) is 2. The van der Waals surface area contributed by atoms with Gasteiger partial charge in [0.15, 0.2) is 0 Å². The molecule has 1 atom stereocenters. The maximum Gasteiger partial charge on any atom is 0.319 e. The molecule has 1 rings (SSSR count). The molecule has 0 radical (unpaired) electrons. The Labute approximate surface area is 151 Å². The average Bonchev–Trinajstić information content (AvgIpc) is 2.91. The van der Waals surface area contributed by atoms with Crippen molar-refractivity contribution in [3.63, 3.8) is 0 Å². The van der Waals surface area contributed by atoms with Crippen molar-refractivity contribution in [1.29, 1.82) is 0 Å². The van der Waals surface area contributed by atoms with E-state index in [2.05, 4.69) is 13.8 Å². The van der Waals surface area contributed by atoms with Crippen LogP contribution in [0.25, 0.3) is 0 Å². The molecule has 0 aromatic carbocycles. The van der Waals surface area contributed by atoms with Crippen LogP contribution in [-0.4, -0.2) is 30.9 Å². The summed E-state index contributed by atoms with van der Waals surface area (Å²) in [5, 5.41) is 0. The van der Waals surface area contributed by atoms with Gasteiger partial charge in [-0.3, -0.25) is 14.4 Å². The van der Waals surface area contributed by atoms with Crippen LogP contribution in [0.4, 0.5) is 0 Å². The zero-order valence-electron chi connectivity index (χ0n) is 16.3. The summed E-state index contributed by atoms with van der Waals surface area (Å²) < 4.78 is 10.3. The molecule has 25 heavy (non-hydrogen) atoms.